The van der Waals surface area contributed by atoms with Crippen molar-refractivity contribution in [2.45, 2.75) is 94.9 Å². The molecule has 4 aliphatic rings. The van der Waals surface area contributed by atoms with Crippen LogP contribution in [0.25, 0.3) is 0 Å². The van der Waals surface area contributed by atoms with E-state index in [1.54, 1.807) is 0 Å². The van der Waals surface area contributed by atoms with Crippen LogP contribution in [0.2, 0.25) is 6.04 Å². The number of ether oxygens (including phenoxy) is 16. The van der Waals surface area contributed by atoms with Gasteiger partial charge in [0.05, 0.1) is 170 Å². The van der Waals surface area contributed by atoms with E-state index >= 15 is 0 Å². The maximum absolute atomic E-state index is 10.5. The van der Waals surface area contributed by atoms with Gasteiger partial charge in [0.15, 0.2) is 6.29 Å². The van der Waals surface area contributed by atoms with Gasteiger partial charge in [0.1, 0.15) is 18.3 Å². The molecule has 20 nitrogen and oxygen atoms in total. The number of hydrogen-bond acceptors (Lipinski definition) is 24. The van der Waals surface area contributed by atoms with Crippen LogP contribution in [0.5, 0.6) is 0 Å². The summed E-state index contributed by atoms with van der Waals surface area (Å²) in [7, 11) is -2.62. The van der Waals surface area contributed by atoms with E-state index in [2.05, 4.69) is 0 Å². The molecule has 4 aliphatic heterocycles. The predicted molar refractivity (Wildman–Crippen MR) is 300 cm³/mol. The zero-order valence-electron chi connectivity index (χ0n) is 46.1. The zero-order valence-corrected chi connectivity index (χ0v) is 50.3. The summed E-state index contributed by atoms with van der Waals surface area (Å²) in [6.07, 6.45) is 2.01. The molecule has 4 heterocycles. The summed E-state index contributed by atoms with van der Waals surface area (Å²) in [5.74, 6) is 7.35. The van der Waals surface area contributed by atoms with Crippen molar-refractivity contribution in [2.75, 3.05) is 231 Å². The highest BCUT2D eigenvalue weighted by molar-refractivity contribution is 7.99. The molecule has 6 unspecified atom stereocenters. The number of hydrogen-bond donors (Lipinski definition) is 1. The van der Waals surface area contributed by atoms with Crippen molar-refractivity contribution < 1.29 is 94.2 Å². The van der Waals surface area contributed by atoms with Crippen LogP contribution in [0, 0.1) is 0 Å². The second-order valence-corrected chi connectivity index (χ2v) is 25.7. The lowest BCUT2D eigenvalue weighted by Crippen LogP contribution is -2.44. The van der Waals surface area contributed by atoms with Gasteiger partial charge in [0.25, 0.3) is 0 Å². The molecule has 25 heteroatoms. The van der Waals surface area contributed by atoms with Crippen LogP contribution in [0.1, 0.15) is 46.0 Å². The van der Waals surface area contributed by atoms with Crippen LogP contribution in [0.3, 0.4) is 0 Å². The third-order valence-corrected chi connectivity index (χ3v) is 18.4. The fourth-order valence-electron chi connectivity index (χ4n) is 7.85. The third-order valence-electron chi connectivity index (χ3n) is 11.7. The van der Waals surface area contributed by atoms with Crippen molar-refractivity contribution in [3.63, 3.8) is 0 Å². The molecule has 2 bridgehead atoms. The molecular weight excluding hydrogens is 1090 g/mol. The Morgan fingerprint density at radius 2 is 0.855 bits per heavy atom. The maximum Gasteiger partial charge on any atom is 0.502 e. The topological polar surface area (TPSA) is 196 Å². The van der Waals surface area contributed by atoms with E-state index in [1.165, 1.54) is 0 Å². The van der Waals surface area contributed by atoms with Crippen LogP contribution < -0.4 is 0 Å². The molecule has 0 spiro atoms. The summed E-state index contributed by atoms with van der Waals surface area (Å²) < 4.78 is 112. The maximum atomic E-state index is 10.5. The van der Waals surface area contributed by atoms with Gasteiger partial charge in [0, 0.05) is 85.1 Å². The lowest BCUT2D eigenvalue weighted by Gasteiger charge is -2.26. The number of aliphatic hydroxyl groups is 1. The van der Waals surface area contributed by atoms with E-state index in [4.69, 9.17) is 89.1 Å². The van der Waals surface area contributed by atoms with Gasteiger partial charge in [-0.3, -0.25) is 0 Å². The van der Waals surface area contributed by atoms with Crippen molar-refractivity contribution in [3.05, 3.63) is 0 Å². The van der Waals surface area contributed by atoms with Crippen molar-refractivity contribution in [3.8, 4) is 0 Å². The molecule has 4 fully saturated rings. The Balaban J connectivity index is 1.05. The lowest BCUT2D eigenvalue weighted by atomic mass is 10.1. The summed E-state index contributed by atoms with van der Waals surface area (Å²) in [5.41, 5.74) is 0. The van der Waals surface area contributed by atoms with Crippen molar-refractivity contribution in [1.82, 2.24) is 0 Å². The Bertz CT molecular complexity index is 1240. The molecule has 6 atom stereocenters. The molecule has 0 aromatic carbocycles. The second kappa shape index (κ2) is 49.3. The highest BCUT2D eigenvalue weighted by Crippen LogP contribution is 2.40. The van der Waals surface area contributed by atoms with Gasteiger partial charge in [-0.25, -0.2) is 0 Å². The molecule has 4 saturated heterocycles. The quantitative estimate of drug-likeness (QED) is 0.0550. The Morgan fingerprint density at radius 1 is 0.434 bits per heavy atom. The molecule has 0 aliphatic carbocycles. The van der Waals surface area contributed by atoms with Crippen LogP contribution in [0.15, 0.2) is 0 Å². The molecule has 4 rings (SSSR count). The van der Waals surface area contributed by atoms with Gasteiger partial charge in [-0.1, -0.05) is 0 Å². The molecule has 0 aromatic rings. The number of fused-ring (bicyclic) bond motifs is 2. The molecule has 0 saturated carbocycles. The third kappa shape index (κ3) is 37.1. The molecule has 0 aromatic heterocycles. The predicted octanol–water partition coefficient (Wildman–Crippen LogP) is 4.75. The van der Waals surface area contributed by atoms with Crippen LogP contribution >= 0.6 is 47.0 Å². The van der Waals surface area contributed by atoms with Crippen LogP contribution in [-0.2, 0) is 89.1 Å². The summed E-state index contributed by atoms with van der Waals surface area (Å²) in [6.45, 7) is 19.4. The summed E-state index contributed by atoms with van der Waals surface area (Å²) in [6, 6.07) is 0.674. The van der Waals surface area contributed by atoms with Crippen LogP contribution in [0.4, 0.5) is 0 Å². The Morgan fingerprint density at radius 3 is 1.37 bits per heavy atom. The minimum Gasteiger partial charge on any atom is -0.379 e. The first-order valence-corrected chi connectivity index (χ1v) is 34.5. The van der Waals surface area contributed by atoms with Crippen molar-refractivity contribution in [2.24, 2.45) is 0 Å². The van der Waals surface area contributed by atoms with Gasteiger partial charge in [-0.2, -0.15) is 47.0 Å². The summed E-state index contributed by atoms with van der Waals surface area (Å²) in [4.78, 5) is 0. The minimum absolute atomic E-state index is 0.00995. The van der Waals surface area contributed by atoms with Gasteiger partial charge in [-0.05, 0) is 46.0 Å². The standard InChI is InChI=1S/C51H98O20S4Si/c1-45-51-46(2)70-76(69-45,71-51)38-3-7-50(52)68-13-6-12-61-39-47(65-21-20-54-9-5-11-60-41-49-44-64-27-35-73-31-23-56-15-17-58-25-33-75-37-29-67-49)42-62-19-18-53-8-4-10-59-40-48-43-63-26-34-72-30-22-55-14-16-57-24-32-74-36-28-66-48/h45-52H,3-44H2,1-2H3. The van der Waals surface area contributed by atoms with Gasteiger partial charge < -0.3 is 94.2 Å². The number of thioether (sulfide) groups is 4. The average molecular weight is 1190 g/mol. The molecule has 0 radical (unpaired) electrons. The molecule has 450 valence electrons. The van der Waals surface area contributed by atoms with E-state index in [-0.39, 0.29) is 36.6 Å². The summed E-state index contributed by atoms with van der Waals surface area (Å²) in [5, 5.41) is 10.5. The Hall–Kier alpha value is 0.817. The minimum atomic E-state index is -2.62. The fraction of sp³-hybridized carbons (Fsp3) is 1.00. The van der Waals surface area contributed by atoms with Gasteiger partial charge >= 0.3 is 8.80 Å². The molecule has 0 amide bonds. The van der Waals surface area contributed by atoms with E-state index < -0.39 is 15.1 Å². The first kappa shape index (κ1) is 69.3. The second-order valence-electron chi connectivity index (χ2n) is 18.2. The SMILES string of the molecule is CC1O[Si]2(CCCC(O)OCCCOCC(COCCOCCCOCC3COCCSCCOCCOCCSCCO3)OCCOCCCOCC3COCCSCCOCCOCCSCCO3)OC(C)C1O2. The van der Waals surface area contributed by atoms with Gasteiger partial charge in [-0.15, -0.1) is 0 Å². The summed E-state index contributed by atoms with van der Waals surface area (Å²) >= 11 is 7.28. The van der Waals surface area contributed by atoms with E-state index in [0.29, 0.717) is 197 Å². The lowest BCUT2D eigenvalue weighted by molar-refractivity contribution is -0.111. The number of rotatable bonds is 32. The fourth-order valence-corrected chi connectivity index (χ4v) is 13.9. The highest BCUT2D eigenvalue weighted by atomic mass is 32.2. The highest BCUT2D eigenvalue weighted by Gasteiger charge is 2.60. The molecular formula is C51H98O20S4Si. The smallest absolute Gasteiger partial charge is 0.379 e. The average Bonchev–Trinajstić information content (AvgIpc) is 3.94. The number of aliphatic hydroxyl groups excluding tert-OH is 1. The van der Waals surface area contributed by atoms with Crippen molar-refractivity contribution >= 4 is 55.9 Å². The zero-order chi connectivity index (χ0) is 53.5. The first-order chi connectivity index (χ1) is 37.5. The monoisotopic (exact) mass is 1190 g/mol. The molecule has 1 N–H and O–H groups in total. The van der Waals surface area contributed by atoms with E-state index in [1.807, 2.05) is 60.9 Å². The van der Waals surface area contributed by atoms with E-state index in [9.17, 15) is 5.11 Å². The normalized spacial score (nSPS) is 27.3. The van der Waals surface area contributed by atoms with Crippen molar-refractivity contribution in [1.29, 1.82) is 0 Å². The Kier molecular flexibility index (Phi) is 44.9. The van der Waals surface area contributed by atoms with Crippen LogP contribution in [-0.4, -0.2) is 288 Å². The Labute approximate surface area is 473 Å². The molecule has 76 heavy (non-hydrogen) atoms. The first-order valence-electron chi connectivity index (χ1n) is 27.9. The largest absolute Gasteiger partial charge is 0.502 e. The van der Waals surface area contributed by atoms with Gasteiger partial charge in [0.2, 0.25) is 0 Å². The van der Waals surface area contributed by atoms with E-state index in [0.717, 1.165) is 72.1 Å².